The number of carboxylic acids is 1. The van der Waals surface area contributed by atoms with E-state index in [9.17, 15) is 21.6 Å². The van der Waals surface area contributed by atoms with E-state index in [0.29, 0.717) is 0 Å². The van der Waals surface area contributed by atoms with E-state index in [-0.39, 0.29) is 19.5 Å². The zero-order chi connectivity index (χ0) is 15.5. The normalized spacial score (nSPS) is 13.7. The summed E-state index contributed by atoms with van der Waals surface area (Å²) in [6.45, 7) is 2.33. The molecule has 0 aromatic rings. The lowest BCUT2D eigenvalue weighted by Gasteiger charge is -2.24. The Kier molecular flexibility index (Phi) is 5.93. The molecule has 0 amide bonds. The van der Waals surface area contributed by atoms with Gasteiger partial charge in [0.15, 0.2) is 9.84 Å². The Bertz CT molecular complexity index is 523. The zero-order valence-electron chi connectivity index (χ0n) is 11.4. The highest BCUT2D eigenvalue weighted by atomic mass is 32.2. The fourth-order valence-corrected chi connectivity index (χ4v) is 2.40. The first kappa shape index (κ1) is 18.3. The molecule has 0 saturated carbocycles. The third-order valence-electron chi connectivity index (χ3n) is 2.73. The lowest BCUT2D eigenvalue weighted by molar-refractivity contribution is -0.137. The van der Waals surface area contributed by atoms with Crippen LogP contribution in [0.15, 0.2) is 0 Å². The molecule has 10 heteroatoms. The van der Waals surface area contributed by atoms with Gasteiger partial charge in [0.05, 0.1) is 11.2 Å². The minimum Gasteiger partial charge on any atom is -0.481 e. The number of rotatable bonds is 8. The lowest BCUT2D eigenvalue weighted by Crippen LogP contribution is -2.48. The monoisotopic (exact) mass is 316 g/mol. The minimum absolute atomic E-state index is 0.191. The SMILES string of the molecule is CN(CCC(=O)O)S(=O)(=O)NCC(C)(C)S(C)(=O)=O. The summed E-state index contributed by atoms with van der Waals surface area (Å²) in [7, 11) is -6.09. The lowest BCUT2D eigenvalue weighted by atomic mass is 10.2. The van der Waals surface area contributed by atoms with Gasteiger partial charge in [0, 0.05) is 26.4 Å². The van der Waals surface area contributed by atoms with Crippen molar-refractivity contribution >= 4 is 26.0 Å². The molecule has 0 fully saturated rings. The van der Waals surface area contributed by atoms with Gasteiger partial charge in [0.1, 0.15) is 0 Å². The molecule has 0 aromatic carbocycles. The average molecular weight is 316 g/mol. The van der Waals surface area contributed by atoms with Gasteiger partial charge in [-0.3, -0.25) is 4.79 Å². The number of aliphatic carboxylic acids is 1. The Hall–Kier alpha value is -0.710. The molecule has 0 heterocycles. The molecule has 0 aliphatic carbocycles. The van der Waals surface area contributed by atoms with Gasteiger partial charge in [-0.15, -0.1) is 0 Å². The van der Waals surface area contributed by atoms with Crippen LogP contribution < -0.4 is 4.72 Å². The summed E-state index contributed by atoms with van der Waals surface area (Å²) >= 11 is 0. The molecule has 114 valence electrons. The maximum atomic E-state index is 11.7. The predicted molar refractivity (Wildman–Crippen MR) is 70.7 cm³/mol. The molecule has 2 N–H and O–H groups in total. The standard InChI is InChI=1S/C9H20N2O6S2/c1-9(2,18(4,14)15)7-10-19(16,17)11(3)6-5-8(12)13/h10H,5-7H2,1-4H3,(H,12,13). The smallest absolute Gasteiger partial charge is 0.304 e. The number of nitrogens with one attached hydrogen (secondary N) is 1. The van der Waals surface area contributed by atoms with Crippen LogP contribution in [-0.4, -0.2) is 63.4 Å². The van der Waals surface area contributed by atoms with Gasteiger partial charge in [0.2, 0.25) is 0 Å². The number of nitrogens with zero attached hydrogens (tertiary/aromatic N) is 1. The van der Waals surface area contributed by atoms with Crippen molar-refractivity contribution in [2.24, 2.45) is 0 Å². The van der Waals surface area contributed by atoms with Crippen LogP contribution in [0.1, 0.15) is 20.3 Å². The Morgan fingerprint density at radius 2 is 1.74 bits per heavy atom. The molecule has 0 atom stereocenters. The molecule has 0 unspecified atom stereocenters. The van der Waals surface area contributed by atoms with Crippen molar-refractivity contribution in [3.05, 3.63) is 0 Å². The number of carboxylic acid groups (broad SMARTS) is 1. The van der Waals surface area contributed by atoms with E-state index in [1.807, 2.05) is 0 Å². The van der Waals surface area contributed by atoms with Crippen LogP contribution >= 0.6 is 0 Å². The van der Waals surface area contributed by atoms with Crippen LogP contribution in [0.2, 0.25) is 0 Å². The van der Waals surface area contributed by atoms with Gasteiger partial charge in [-0.05, 0) is 13.8 Å². The second kappa shape index (κ2) is 6.16. The van der Waals surface area contributed by atoms with Gasteiger partial charge >= 0.3 is 5.97 Å². The van der Waals surface area contributed by atoms with Gasteiger partial charge in [-0.1, -0.05) is 0 Å². The van der Waals surface area contributed by atoms with Crippen molar-refractivity contribution in [1.82, 2.24) is 9.03 Å². The molecular formula is C9H20N2O6S2. The third-order valence-corrected chi connectivity index (χ3v) is 6.40. The Morgan fingerprint density at radius 3 is 2.11 bits per heavy atom. The van der Waals surface area contributed by atoms with Gasteiger partial charge in [-0.25, -0.2) is 13.1 Å². The van der Waals surface area contributed by atoms with Crippen LogP contribution in [0.5, 0.6) is 0 Å². The van der Waals surface area contributed by atoms with E-state index >= 15 is 0 Å². The number of hydrogen-bond donors (Lipinski definition) is 2. The van der Waals surface area contributed by atoms with Crippen LogP contribution in [0.4, 0.5) is 0 Å². The molecule has 0 aliphatic heterocycles. The number of carbonyl (C=O) groups is 1. The quantitative estimate of drug-likeness (QED) is 0.595. The maximum absolute atomic E-state index is 11.7. The zero-order valence-corrected chi connectivity index (χ0v) is 13.0. The molecule has 19 heavy (non-hydrogen) atoms. The summed E-state index contributed by atoms with van der Waals surface area (Å²) < 4.78 is 48.1. The van der Waals surface area contributed by atoms with E-state index in [2.05, 4.69) is 4.72 Å². The fourth-order valence-electron chi connectivity index (χ4n) is 0.880. The summed E-state index contributed by atoms with van der Waals surface area (Å²) in [6, 6.07) is 0. The molecule has 0 rings (SSSR count). The van der Waals surface area contributed by atoms with Gasteiger partial charge in [0.25, 0.3) is 10.2 Å². The van der Waals surface area contributed by atoms with Crippen molar-refractivity contribution in [3.8, 4) is 0 Å². The van der Waals surface area contributed by atoms with E-state index in [1.165, 1.54) is 20.9 Å². The number of sulfone groups is 1. The van der Waals surface area contributed by atoms with Crippen molar-refractivity contribution in [2.45, 2.75) is 25.0 Å². The summed E-state index contributed by atoms with van der Waals surface area (Å²) in [5.41, 5.74) is 0. The van der Waals surface area contributed by atoms with E-state index < -0.39 is 30.8 Å². The second-order valence-corrected chi connectivity index (χ2v) is 9.33. The van der Waals surface area contributed by atoms with Crippen LogP contribution in [-0.2, 0) is 24.8 Å². The topological polar surface area (TPSA) is 121 Å². The summed E-state index contributed by atoms with van der Waals surface area (Å²) in [6.07, 6.45) is 0.697. The maximum Gasteiger partial charge on any atom is 0.304 e. The van der Waals surface area contributed by atoms with Gasteiger partial charge < -0.3 is 5.11 Å². The van der Waals surface area contributed by atoms with E-state index in [0.717, 1.165) is 10.6 Å². The first-order valence-corrected chi connectivity index (χ1v) is 8.75. The molecule has 0 radical (unpaired) electrons. The largest absolute Gasteiger partial charge is 0.481 e. The van der Waals surface area contributed by atoms with Crippen LogP contribution in [0.3, 0.4) is 0 Å². The fraction of sp³-hybridized carbons (Fsp3) is 0.889. The highest BCUT2D eigenvalue weighted by molar-refractivity contribution is 7.92. The number of hydrogen-bond acceptors (Lipinski definition) is 5. The van der Waals surface area contributed by atoms with Crippen LogP contribution in [0.25, 0.3) is 0 Å². The molecule has 0 bridgehead atoms. The second-order valence-electron chi connectivity index (χ2n) is 4.82. The third kappa shape index (κ3) is 5.85. The minimum atomic E-state index is -3.89. The summed E-state index contributed by atoms with van der Waals surface area (Å²) in [5.74, 6) is -1.11. The van der Waals surface area contributed by atoms with Gasteiger partial charge in [-0.2, -0.15) is 12.7 Å². The average Bonchev–Trinajstić information content (AvgIpc) is 2.21. The summed E-state index contributed by atoms with van der Waals surface area (Å²) in [5, 5.41) is 8.47. The molecule has 0 aromatic heterocycles. The van der Waals surface area contributed by atoms with Crippen molar-refractivity contribution in [3.63, 3.8) is 0 Å². The van der Waals surface area contributed by atoms with Crippen molar-refractivity contribution in [1.29, 1.82) is 0 Å². The first-order valence-electron chi connectivity index (χ1n) is 5.42. The molecular weight excluding hydrogens is 296 g/mol. The molecule has 0 aliphatic rings. The molecule has 8 nitrogen and oxygen atoms in total. The van der Waals surface area contributed by atoms with Crippen molar-refractivity contribution in [2.75, 3.05) is 26.4 Å². The highest BCUT2D eigenvalue weighted by Gasteiger charge is 2.32. The first-order chi connectivity index (χ1) is 8.29. The predicted octanol–water partition coefficient (Wildman–Crippen LogP) is -0.949. The van der Waals surface area contributed by atoms with Crippen molar-refractivity contribution < 1.29 is 26.7 Å². The van der Waals surface area contributed by atoms with E-state index in [4.69, 9.17) is 5.11 Å². The van der Waals surface area contributed by atoms with E-state index in [1.54, 1.807) is 0 Å². The Balaban J connectivity index is 4.68. The highest BCUT2D eigenvalue weighted by Crippen LogP contribution is 2.14. The summed E-state index contributed by atoms with van der Waals surface area (Å²) in [4.78, 5) is 10.4. The molecule has 0 saturated heterocycles. The Morgan fingerprint density at radius 1 is 1.26 bits per heavy atom. The van der Waals surface area contributed by atoms with Crippen LogP contribution in [0, 0.1) is 0 Å². The Labute approximate surface area is 113 Å². The molecule has 0 spiro atoms.